The summed E-state index contributed by atoms with van der Waals surface area (Å²) in [6.07, 6.45) is 11.3. The second-order valence-corrected chi connectivity index (χ2v) is 12.5. The number of allylic oxidation sites excluding steroid dienone is 1. The highest BCUT2D eigenvalue weighted by molar-refractivity contribution is 5.94. The van der Waals surface area contributed by atoms with E-state index < -0.39 is 47.8 Å². The number of rotatable bonds is 25. The Bertz CT molecular complexity index is 1380. The van der Waals surface area contributed by atoms with Gasteiger partial charge in [-0.2, -0.15) is 0 Å². The molecule has 2 aromatic rings. The Morgan fingerprint density at radius 1 is 0.796 bits per heavy atom. The number of aliphatic hydroxyl groups is 1. The van der Waals surface area contributed by atoms with Gasteiger partial charge >= 0.3 is 17.9 Å². The van der Waals surface area contributed by atoms with Crippen LogP contribution in [-0.2, 0) is 30.4 Å². The number of ketones is 1. The number of Topliss-reactive ketones (excluding diaryl/α,β-unsaturated/α-hetero) is 1. The van der Waals surface area contributed by atoms with Gasteiger partial charge in [-0.25, -0.2) is 9.59 Å². The van der Waals surface area contributed by atoms with Crippen molar-refractivity contribution >= 4 is 41.0 Å². The maximum Gasteiger partial charge on any atom is 0.337 e. The van der Waals surface area contributed by atoms with Gasteiger partial charge < -0.3 is 30.6 Å². The molecule has 0 heterocycles. The van der Waals surface area contributed by atoms with Crippen LogP contribution < -0.4 is 10.2 Å². The quantitative estimate of drug-likeness (QED) is 0.0590. The van der Waals surface area contributed by atoms with E-state index in [1.165, 1.54) is 12.5 Å². The van der Waals surface area contributed by atoms with Crippen LogP contribution in [0.4, 0.5) is 11.4 Å². The van der Waals surface area contributed by atoms with E-state index in [0.717, 1.165) is 62.4 Å². The average molecular weight is 681 g/mol. The Labute approximate surface area is 289 Å². The van der Waals surface area contributed by atoms with Crippen LogP contribution in [-0.4, -0.2) is 68.7 Å². The van der Waals surface area contributed by atoms with E-state index in [9.17, 15) is 44.4 Å². The predicted octanol–water partition coefficient (Wildman–Crippen LogP) is 6.30. The lowest BCUT2D eigenvalue weighted by atomic mass is 9.82. The standard InChI is InChI=1S/C38H52N2O9/c1-3-4-5-8-14-19-31(41)20-15-9-6-7-10-16-21-32(38(49,37(47)48)27-34(42)43)35(44)39-33(36(45)46)26-28-22-24-30(25-23-28)40(2)29-17-12-11-13-18-29/h11-13,16-18,21-25,32-33,49H,3-10,14-15,19-20,26-27H2,1-2H3,(H,39,44)(H,42,43)(H,45,46)(H,47,48)/b21-16+. The number of nitrogens with one attached hydrogen (secondary N) is 1. The maximum atomic E-state index is 13.4. The number of aliphatic carboxylic acids is 3. The predicted molar refractivity (Wildman–Crippen MR) is 188 cm³/mol. The molecule has 5 N–H and O–H groups in total. The van der Waals surface area contributed by atoms with Crippen molar-refractivity contribution in [3.8, 4) is 0 Å². The molecule has 268 valence electrons. The van der Waals surface area contributed by atoms with E-state index in [4.69, 9.17) is 0 Å². The smallest absolute Gasteiger partial charge is 0.337 e. The maximum absolute atomic E-state index is 13.4. The highest BCUT2D eigenvalue weighted by Gasteiger charge is 2.49. The Hall–Kier alpha value is -4.51. The Morgan fingerprint density at radius 2 is 1.37 bits per heavy atom. The van der Waals surface area contributed by atoms with Gasteiger partial charge in [0, 0.05) is 37.7 Å². The number of hydrogen-bond acceptors (Lipinski definition) is 7. The van der Waals surface area contributed by atoms with Crippen molar-refractivity contribution in [2.24, 2.45) is 5.92 Å². The van der Waals surface area contributed by atoms with Gasteiger partial charge in [-0.1, -0.05) is 87.9 Å². The molecule has 0 aromatic heterocycles. The summed E-state index contributed by atoms with van der Waals surface area (Å²) >= 11 is 0. The summed E-state index contributed by atoms with van der Waals surface area (Å²) in [6, 6.07) is 15.2. The summed E-state index contributed by atoms with van der Waals surface area (Å²) in [6.45, 7) is 2.15. The van der Waals surface area contributed by atoms with Crippen LogP contribution >= 0.6 is 0 Å². The molecular formula is C38H52N2O9. The van der Waals surface area contributed by atoms with E-state index in [0.29, 0.717) is 31.2 Å². The number of nitrogens with zero attached hydrogens (tertiary/aromatic N) is 1. The van der Waals surface area contributed by atoms with Gasteiger partial charge in [-0.3, -0.25) is 14.4 Å². The van der Waals surface area contributed by atoms with Gasteiger partial charge in [-0.05, 0) is 55.5 Å². The molecule has 0 fully saturated rings. The molecule has 2 rings (SSSR count). The molecule has 0 radical (unpaired) electrons. The molecule has 1 amide bonds. The van der Waals surface area contributed by atoms with Crippen LogP contribution in [0.3, 0.4) is 0 Å². The Morgan fingerprint density at radius 3 is 1.92 bits per heavy atom. The fourth-order valence-electron chi connectivity index (χ4n) is 5.59. The average Bonchev–Trinajstić information content (AvgIpc) is 3.07. The van der Waals surface area contributed by atoms with E-state index in [2.05, 4.69) is 12.2 Å². The number of carbonyl (C=O) groups excluding carboxylic acids is 2. The second kappa shape index (κ2) is 21.5. The van der Waals surface area contributed by atoms with Gasteiger partial charge in [0.05, 0.1) is 12.3 Å². The molecule has 0 aliphatic heterocycles. The van der Waals surface area contributed by atoms with Crippen LogP contribution in [0, 0.1) is 5.92 Å². The van der Waals surface area contributed by atoms with Crippen LogP contribution in [0.15, 0.2) is 66.7 Å². The molecule has 0 bridgehead atoms. The zero-order chi connectivity index (χ0) is 36.2. The van der Waals surface area contributed by atoms with Crippen molar-refractivity contribution < 1.29 is 44.4 Å². The molecule has 11 nitrogen and oxygen atoms in total. The van der Waals surface area contributed by atoms with Crippen LogP contribution in [0.1, 0.15) is 96.0 Å². The lowest BCUT2D eigenvalue weighted by Crippen LogP contribution is -2.55. The summed E-state index contributed by atoms with van der Waals surface area (Å²) in [7, 11) is 1.89. The first-order valence-corrected chi connectivity index (χ1v) is 17.2. The fourth-order valence-corrected chi connectivity index (χ4v) is 5.59. The lowest BCUT2D eigenvalue weighted by molar-refractivity contribution is -0.172. The van der Waals surface area contributed by atoms with Crippen molar-refractivity contribution in [1.82, 2.24) is 5.32 Å². The molecule has 3 unspecified atom stereocenters. The number of anilines is 2. The van der Waals surface area contributed by atoms with E-state index in [1.807, 2.05) is 42.3 Å². The van der Waals surface area contributed by atoms with Crippen molar-refractivity contribution in [3.05, 3.63) is 72.3 Å². The first kappa shape index (κ1) is 40.7. The van der Waals surface area contributed by atoms with Crippen LogP contribution in [0.25, 0.3) is 0 Å². The van der Waals surface area contributed by atoms with E-state index in [-0.39, 0.29) is 12.2 Å². The zero-order valence-electron chi connectivity index (χ0n) is 28.7. The molecule has 0 aliphatic rings. The van der Waals surface area contributed by atoms with E-state index >= 15 is 0 Å². The van der Waals surface area contributed by atoms with Crippen LogP contribution in [0.5, 0.6) is 0 Å². The van der Waals surface area contributed by atoms with Gasteiger partial charge in [0.15, 0.2) is 5.60 Å². The Balaban J connectivity index is 2.03. The largest absolute Gasteiger partial charge is 0.481 e. The molecule has 0 spiro atoms. The first-order valence-electron chi connectivity index (χ1n) is 17.2. The number of para-hydroxylation sites is 1. The molecule has 49 heavy (non-hydrogen) atoms. The molecule has 0 saturated carbocycles. The highest BCUT2D eigenvalue weighted by Crippen LogP contribution is 2.27. The Kier molecular flexibility index (Phi) is 17.8. The number of carboxylic acids is 3. The van der Waals surface area contributed by atoms with Gasteiger partial charge in [0.25, 0.3) is 0 Å². The molecule has 0 aliphatic carbocycles. The monoisotopic (exact) mass is 680 g/mol. The number of benzene rings is 2. The third-order valence-electron chi connectivity index (χ3n) is 8.57. The number of amides is 1. The third-order valence-corrected chi connectivity index (χ3v) is 8.57. The minimum atomic E-state index is -3.02. The van der Waals surface area contributed by atoms with Crippen molar-refractivity contribution in [2.45, 2.75) is 108 Å². The number of carbonyl (C=O) groups is 5. The first-order chi connectivity index (χ1) is 23.4. The summed E-state index contributed by atoms with van der Waals surface area (Å²) in [5.41, 5.74) is -0.640. The minimum Gasteiger partial charge on any atom is -0.481 e. The summed E-state index contributed by atoms with van der Waals surface area (Å²) < 4.78 is 0. The zero-order valence-corrected chi connectivity index (χ0v) is 28.7. The van der Waals surface area contributed by atoms with Crippen molar-refractivity contribution in [2.75, 3.05) is 11.9 Å². The molecule has 2 aromatic carbocycles. The summed E-state index contributed by atoms with van der Waals surface area (Å²) in [4.78, 5) is 63.2. The van der Waals surface area contributed by atoms with E-state index in [1.54, 1.807) is 24.3 Å². The van der Waals surface area contributed by atoms with Gasteiger partial charge in [0.2, 0.25) is 5.91 Å². The number of carboxylic acid groups (broad SMARTS) is 3. The van der Waals surface area contributed by atoms with Crippen LogP contribution in [0.2, 0.25) is 0 Å². The number of unbranched alkanes of at least 4 members (excludes halogenated alkanes) is 8. The number of hydrogen-bond donors (Lipinski definition) is 5. The highest BCUT2D eigenvalue weighted by atomic mass is 16.4. The van der Waals surface area contributed by atoms with Gasteiger partial charge in [-0.15, -0.1) is 0 Å². The molecule has 11 heteroatoms. The van der Waals surface area contributed by atoms with Gasteiger partial charge in [0.1, 0.15) is 11.8 Å². The summed E-state index contributed by atoms with van der Waals surface area (Å²) in [5, 5.41) is 42.3. The third kappa shape index (κ3) is 14.2. The minimum absolute atomic E-state index is 0.140. The van der Waals surface area contributed by atoms with Crippen molar-refractivity contribution in [3.63, 3.8) is 0 Å². The second-order valence-electron chi connectivity index (χ2n) is 12.5. The SMILES string of the molecule is CCCCCCCC(=O)CCCCCC/C=C/C(C(=O)NC(Cc1ccc(N(C)c2ccccc2)cc1)C(=O)O)C(O)(CC(=O)O)C(=O)O. The molecular weight excluding hydrogens is 628 g/mol. The molecule has 3 atom stereocenters. The molecule has 0 saturated heterocycles. The normalized spacial score (nSPS) is 13.7. The topological polar surface area (TPSA) is 182 Å². The summed E-state index contributed by atoms with van der Waals surface area (Å²) in [5.74, 6) is -7.66. The lowest BCUT2D eigenvalue weighted by Gasteiger charge is -2.29. The van der Waals surface area contributed by atoms with Crippen molar-refractivity contribution in [1.29, 1.82) is 0 Å². The fraction of sp³-hybridized carbons (Fsp3) is 0.500.